The molecule has 0 radical (unpaired) electrons. The molecule has 3 aliphatic carbocycles. The van der Waals surface area contributed by atoms with Gasteiger partial charge in [0, 0.05) is 55.6 Å². The monoisotopic (exact) mass is 989 g/mol. The number of nitrogens with zero attached hydrogens (tertiary/aromatic N) is 5. The lowest BCUT2D eigenvalue weighted by atomic mass is 9.59. The van der Waals surface area contributed by atoms with Crippen LogP contribution in [0.5, 0.6) is 17.4 Å². The number of imidazole rings is 1. The molecule has 4 fully saturated rings. The molecule has 2 aliphatic heterocycles. The summed E-state index contributed by atoms with van der Waals surface area (Å²) in [5.74, 6) is -1.32. The highest BCUT2D eigenvalue weighted by Gasteiger charge is 2.50. The number of H-pyrrole nitrogens is 1. The van der Waals surface area contributed by atoms with Gasteiger partial charge in [0.2, 0.25) is 0 Å². The largest absolute Gasteiger partial charge is 0.478 e. The predicted molar refractivity (Wildman–Crippen MR) is 268 cm³/mol. The molecule has 4 heterocycles. The molecule has 2 aromatic heterocycles. The number of sulfonamides is 1. The molecule has 1 spiro atoms. The van der Waals surface area contributed by atoms with E-state index >= 15 is 4.39 Å². The Labute approximate surface area is 412 Å². The van der Waals surface area contributed by atoms with Crippen LogP contribution >= 0.6 is 0 Å². The number of hydrogen-bond donors (Lipinski definition) is 5. The summed E-state index contributed by atoms with van der Waals surface area (Å²) in [4.78, 5) is 42.6. The average molecular weight is 990 g/mol. The van der Waals surface area contributed by atoms with Crippen molar-refractivity contribution in [2.45, 2.75) is 101 Å². The first-order chi connectivity index (χ1) is 34.1. The molecule has 0 unspecified atom stereocenters. The number of nitroso groups, excluding NO2 is 1. The molecule has 0 bridgehead atoms. The number of halogens is 1. The number of piperidine rings is 1. The average Bonchev–Trinajstić information content (AvgIpc) is 3.95. The zero-order valence-electron chi connectivity index (χ0n) is 40.4. The van der Waals surface area contributed by atoms with Crippen LogP contribution in [0.4, 0.5) is 21.5 Å². The van der Waals surface area contributed by atoms with Gasteiger partial charge in [-0.25, -0.2) is 27.5 Å². The van der Waals surface area contributed by atoms with E-state index in [0.717, 1.165) is 82.6 Å². The molecule has 374 valence electrons. The number of carbonyl (C=O) groups is 1. The Morgan fingerprint density at radius 2 is 1.83 bits per heavy atom. The number of morpholine rings is 1. The van der Waals surface area contributed by atoms with Crippen molar-refractivity contribution >= 4 is 55.6 Å². The van der Waals surface area contributed by atoms with Crippen LogP contribution in [0.1, 0.15) is 117 Å². The quantitative estimate of drug-likeness (QED) is 0.0655. The topological polar surface area (TPSA) is 225 Å². The zero-order chi connectivity index (χ0) is 49.8. The van der Waals surface area contributed by atoms with Crippen LogP contribution in [0.25, 0.3) is 16.9 Å². The van der Waals surface area contributed by atoms with Crippen LogP contribution in [0.15, 0.2) is 77.1 Å². The van der Waals surface area contributed by atoms with Gasteiger partial charge in [-0.2, -0.15) is 0 Å². The molecule has 2 saturated heterocycles. The van der Waals surface area contributed by atoms with Gasteiger partial charge in [0.05, 0.1) is 60.8 Å². The summed E-state index contributed by atoms with van der Waals surface area (Å²) < 4.78 is 63.7. The van der Waals surface area contributed by atoms with Gasteiger partial charge in [-0.1, -0.05) is 38.1 Å². The Hall–Kier alpha value is -6.28. The van der Waals surface area contributed by atoms with Crippen molar-refractivity contribution in [1.82, 2.24) is 24.6 Å². The van der Waals surface area contributed by atoms with E-state index in [0.29, 0.717) is 38.0 Å². The SMILES string of the molecule is COc1nc2c(cc1Oc1cc(N3CCC4(CC3)CC(N3CCOC[C@H]3c3ccccc3C(C)C)C4)ccc1C(=O)NS(=O)(=O)c1cc(N=O)c(NC[C@H]3CC[C@](C)(O)CC3)c3[nH]cnc13)C(F)=CC2=N. The summed E-state index contributed by atoms with van der Waals surface area (Å²) in [5, 5.41) is 25.0. The van der Waals surface area contributed by atoms with Crippen molar-refractivity contribution in [3.8, 4) is 17.4 Å². The van der Waals surface area contributed by atoms with E-state index in [1.807, 2.05) is 6.92 Å². The highest BCUT2D eigenvalue weighted by molar-refractivity contribution is 7.90. The number of anilines is 2. The number of aromatic amines is 1. The highest BCUT2D eigenvalue weighted by atomic mass is 32.2. The van der Waals surface area contributed by atoms with Crippen LogP contribution in [0.2, 0.25) is 0 Å². The molecule has 19 heteroatoms. The third kappa shape index (κ3) is 9.40. The molecule has 17 nitrogen and oxygen atoms in total. The maximum Gasteiger partial charge on any atom is 0.268 e. The predicted octanol–water partition coefficient (Wildman–Crippen LogP) is 9.27. The number of allylic oxidation sites excluding steroid dienone is 1. The number of carbonyl (C=O) groups excluding carboxylic acids is 1. The molecule has 1 amide bonds. The van der Waals surface area contributed by atoms with Crippen LogP contribution in [-0.4, -0.2) is 103 Å². The van der Waals surface area contributed by atoms with Crippen molar-refractivity contribution in [3.05, 3.63) is 99.9 Å². The van der Waals surface area contributed by atoms with Crippen molar-refractivity contribution < 1.29 is 36.9 Å². The van der Waals surface area contributed by atoms with E-state index in [1.165, 1.54) is 36.7 Å². The highest BCUT2D eigenvalue weighted by Crippen LogP contribution is 2.53. The molecule has 5 aliphatic rings. The van der Waals surface area contributed by atoms with E-state index in [9.17, 15) is 23.2 Å². The summed E-state index contributed by atoms with van der Waals surface area (Å²) in [5.41, 5.74) is 2.94. The molecular formula is C52H60FN9O8S. The number of pyridine rings is 1. The first-order valence-electron chi connectivity index (χ1n) is 24.5. The van der Waals surface area contributed by atoms with Crippen LogP contribution in [0.3, 0.4) is 0 Å². The first-order valence-corrected chi connectivity index (χ1v) is 26.0. The standard InChI is InChI=1S/C52H60FN9O8S/c1-30(2)34-7-5-6-8-35(34)41-28-69-20-19-62(41)33-25-52(26-33)15-17-61(18-16-52)32-9-10-36(42(21-32)70-43-22-37-38(53)23-39(54)45(37)58-50(43)68-4)49(63)60-71(66,67)44-24-40(59-65)46(48-47(44)56-29-57-48)55-27-31-11-13-51(3,64)14-12-31/h5-10,21-24,29-31,33,41,54-55,64H,11-20,25-28H2,1-4H3,(H,56,57)(H,60,63)/t31-,41-,51-/m0/s1. The Bertz CT molecular complexity index is 3040. The number of methoxy groups -OCH3 is 1. The second-order valence-electron chi connectivity index (χ2n) is 20.5. The molecule has 71 heavy (non-hydrogen) atoms. The number of benzene rings is 3. The van der Waals surface area contributed by atoms with Crippen molar-refractivity contribution in [2.75, 3.05) is 56.7 Å². The third-order valence-electron chi connectivity index (χ3n) is 15.5. The summed E-state index contributed by atoms with van der Waals surface area (Å²) >= 11 is 0. The lowest BCUT2D eigenvalue weighted by Gasteiger charge is -2.57. The lowest BCUT2D eigenvalue weighted by molar-refractivity contribution is -0.0912. The number of hydrogen-bond acceptors (Lipinski definition) is 15. The molecule has 5 aromatic rings. The molecular weight excluding hydrogens is 930 g/mol. The number of fused-ring (bicyclic) bond motifs is 2. The number of nitrogens with one attached hydrogen (secondary N) is 4. The molecule has 1 atom stereocenters. The second kappa shape index (κ2) is 19.0. The van der Waals surface area contributed by atoms with E-state index in [4.69, 9.17) is 19.6 Å². The molecule has 10 rings (SSSR count). The molecule has 2 saturated carbocycles. The third-order valence-corrected chi connectivity index (χ3v) is 16.9. The van der Waals surface area contributed by atoms with Gasteiger partial charge < -0.3 is 34.5 Å². The van der Waals surface area contributed by atoms with E-state index < -0.39 is 32.3 Å². The minimum Gasteiger partial charge on any atom is -0.478 e. The van der Waals surface area contributed by atoms with Gasteiger partial charge in [-0.05, 0) is 116 Å². The summed E-state index contributed by atoms with van der Waals surface area (Å²) in [6, 6.07) is 16.7. The number of aliphatic hydroxyl groups is 1. The fourth-order valence-corrected chi connectivity index (χ4v) is 12.6. The number of amides is 1. The summed E-state index contributed by atoms with van der Waals surface area (Å²) in [7, 11) is -3.39. The zero-order valence-corrected chi connectivity index (χ0v) is 41.2. The minimum absolute atomic E-state index is 0.00984. The first kappa shape index (κ1) is 48.4. The van der Waals surface area contributed by atoms with Gasteiger partial charge in [0.25, 0.3) is 21.8 Å². The van der Waals surface area contributed by atoms with Crippen molar-refractivity contribution in [2.24, 2.45) is 16.5 Å². The molecule has 3 aromatic carbocycles. The Morgan fingerprint density at radius 3 is 2.56 bits per heavy atom. The summed E-state index contributed by atoms with van der Waals surface area (Å²) in [6.07, 6.45) is 9.22. The number of aromatic nitrogens is 3. The van der Waals surface area contributed by atoms with Crippen LogP contribution in [0, 0.1) is 21.6 Å². The Balaban J connectivity index is 0.897. The van der Waals surface area contributed by atoms with E-state index in [1.54, 1.807) is 12.1 Å². The van der Waals surface area contributed by atoms with Gasteiger partial charge in [0.15, 0.2) is 5.75 Å². The number of ether oxygens (including phenoxy) is 3. The lowest BCUT2D eigenvalue weighted by Crippen LogP contribution is -2.58. The minimum atomic E-state index is -4.73. The smallest absolute Gasteiger partial charge is 0.268 e. The van der Waals surface area contributed by atoms with Crippen molar-refractivity contribution in [3.63, 3.8) is 0 Å². The van der Waals surface area contributed by atoms with Gasteiger partial charge in [-0.3, -0.25) is 15.1 Å². The maximum atomic E-state index is 15.1. The van der Waals surface area contributed by atoms with Crippen LogP contribution in [-0.2, 0) is 14.8 Å². The van der Waals surface area contributed by atoms with Crippen molar-refractivity contribution in [1.29, 1.82) is 5.41 Å². The van der Waals surface area contributed by atoms with Crippen LogP contribution < -0.4 is 24.4 Å². The fourth-order valence-electron chi connectivity index (χ4n) is 11.4. The fraction of sp³-hybridized carbons (Fsp3) is 0.462. The van der Waals surface area contributed by atoms with Gasteiger partial charge in [0.1, 0.15) is 33.4 Å². The Morgan fingerprint density at radius 1 is 1.07 bits per heavy atom. The van der Waals surface area contributed by atoms with Gasteiger partial charge in [-0.15, -0.1) is 4.91 Å². The second-order valence-corrected chi connectivity index (χ2v) is 22.1. The molecule has 5 N–H and O–H groups in total. The van der Waals surface area contributed by atoms with E-state index in [-0.39, 0.29) is 79.7 Å². The summed E-state index contributed by atoms with van der Waals surface area (Å²) in [6.45, 7) is 10.5. The normalized spacial score (nSPS) is 22.5. The Kier molecular flexibility index (Phi) is 13.0. The maximum absolute atomic E-state index is 15.1. The van der Waals surface area contributed by atoms with Gasteiger partial charge >= 0.3 is 0 Å². The van der Waals surface area contributed by atoms with E-state index in [2.05, 4.69) is 78.1 Å². The number of rotatable bonds is 14.